The summed E-state index contributed by atoms with van der Waals surface area (Å²) in [6.07, 6.45) is -1.55. The van der Waals surface area contributed by atoms with Crippen LogP contribution in [0.5, 0.6) is 0 Å². The van der Waals surface area contributed by atoms with E-state index in [1.54, 1.807) is 0 Å². The molecule has 0 rings (SSSR count). The molecule has 0 unspecified atom stereocenters. The average Bonchev–Trinajstić information content (AvgIpc) is 2.18. The van der Waals surface area contributed by atoms with Gasteiger partial charge in [-0.15, -0.1) is 48.0 Å². The highest BCUT2D eigenvalue weighted by Gasteiger charge is 2.14. The van der Waals surface area contributed by atoms with Crippen molar-refractivity contribution in [3.8, 4) is 0 Å². The van der Waals surface area contributed by atoms with Crippen LogP contribution in [0.3, 0.4) is 0 Å². The van der Waals surface area contributed by atoms with Gasteiger partial charge in [0.1, 0.15) is 0 Å². The quantitative estimate of drug-likeness (QED) is 0.363. The Morgan fingerprint density at radius 1 is 0.812 bits per heavy atom. The van der Waals surface area contributed by atoms with Crippen LogP contribution in [0.4, 0.5) is 0 Å². The van der Waals surface area contributed by atoms with Gasteiger partial charge in [-0.25, -0.2) is 0 Å². The molecule has 0 spiro atoms. The third kappa shape index (κ3) is 13.1. The highest BCUT2D eigenvalue weighted by Crippen LogP contribution is 1.90. The van der Waals surface area contributed by atoms with Gasteiger partial charge in [0.2, 0.25) is 0 Å². The summed E-state index contributed by atoms with van der Waals surface area (Å²) < 4.78 is 0. The molecular weight excluding hydrogens is 298 g/mol. The van der Waals surface area contributed by atoms with Gasteiger partial charge in [-0.3, -0.25) is 0 Å². The van der Waals surface area contributed by atoms with Crippen LogP contribution in [0.15, 0.2) is 0 Å². The first-order chi connectivity index (χ1) is 6.72. The van der Waals surface area contributed by atoms with Crippen LogP contribution in [-0.4, -0.2) is 60.4 Å². The standard InChI is InChI=1S/C8H18Cl2N2O2.2ClH/c9-1-3-11-5-7(13)8(14)6-12-4-2-10;;/h7-8,11-14H,1-6H2;2*1H/t7-,8-;;/m1../s1. The Hall–Kier alpha value is 1.000. The van der Waals surface area contributed by atoms with Crippen molar-refractivity contribution in [1.82, 2.24) is 10.6 Å². The van der Waals surface area contributed by atoms with E-state index in [-0.39, 0.29) is 24.8 Å². The van der Waals surface area contributed by atoms with Gasteiger partial charge >= 0.3 is 0 Å². The molecule has 0 amide bonds. The van der Waals surface area contributed by atoms with E-state index in [9.17, 15) is 10.2 Å². The number of alkyl halides is 2. The van der Waals surface area contributed by atoms with Gasteiger partial charge < -0.3 is 20.8 Å². The Labute approximate surface area is 119 Å². The van der Waals surface area contributed by atoms with E-state index in [0.717, 1.165) is 0 Å². The predicted octanol–water partition coefficient (Wildman–Crippen LogP) is 0.209. The Balaban J connectivity index is -0.000000845. The normalized spacial score (nSPS) is 13.5. The number of aliphatic hydroxyl groups is 2. The largest absolute Gasteiger partial charge is 0.389 e. The number of rotatable bonds is 9. The molecule has 0 aliphatic carbocycles. The Morgan fingerprint density at radius 2 is 1.12 bits per heavy atom. The van der Waals surface area contributed by atoms with Crippen LogP contribution < -0.4 is 10.6 Å². The van der Waals surface area contributed by atoms with E-state index in [0.29, 0.717) is 37.9 Å². The first kappa shape index (κ1) is 22.2. The topological polar surface area (TPSA) is 64.5 Å². The summed E-state index contributed by atoms with van der Waals surface area (Å²) in [6, 6.07) is 0. The van der Waals surface area contributed by atoms with Gasteiger partial charge in [0.15, 0.2) is 0 Å². The third-order valence-corrected chi connectivity index (χ3v) is 2.07. The molecule has 0 bridgehead atoms. The molecule has 0 fully saturated rings. The molecule has 0 saturated carbocycles. The molecule has 8 heteroatoms. The second kappa shape index (κ2) is 16.0. The highest BCUT2D eigenvalue weighted by atomic mass is 35.5. The van der Waals surface area contributed by atoms with E-state index >= 15 is 0 Å². The summed E-state index contributed by atoms with van der Waals surface area (Å²) in [5, 5.41) is 24.7. The number of nitrogens with one attached hydrogen (secondary N) is 2. The van der Waals surface area contributed by atoms with E-state index in [1.807, 2.05) is 0 Å². The Bertz CT molecular complexity index is 121. The molecule has 0 aliphatic heterocycles. The van der Waals surface area contributed by atoms with Gasteiger partial charge in [0.25, 0.3) is 0 Å². The van der Waals surface area contributed by atoms with Crippen molar-refractivity contribution in [1.29, 1.82) is 0 Å². The zero-order valence-corrected chi connectivity index (χ0v) is 12.0. The van der Waals surface area contributed by atoms with E-state index < -0.39 is 12.2 Å². The summed E-state index contributed by atoms with van der Waals surface area (Å²) in [6.45, 7) is 1.94. The lowest BCUT2D eigenvalue weighted by Crippen LogP contribution is -2.42. The molecule has 4 N–H and O–H groups in total. The van der Waals surface area contributed by atoms with Crippen molar-refractivity contribution in [2.45, 2.75) is 12.2 Å². The van der Waals surface area contributed by atoms with Crippen molar-refractivity contribution in [2.24, 2.45) is 0 Å². The van der Waals surface area contributed by atoms with Crippen LogP contribution in [0.2, 0.25) is 0 Å². The number of halogens is 4. The lowest BCUT2D eigenvalue weighted by atomic mass is 10.2. The van der Waals surface area contributed by atoms with Crippen molar-refractivity contribution >= 4 is 48.0 Å². The molecule has 0 aromatic heterocycles. The van der Waals surface area contributed by atoms with E-state index in [4.69, 9.17) is 23.2 Å². The molecule has 2 atom stereocenters. The van der Waals surface area contributed by atoms with Crippen LogP contribution in [-0.2, 0) is 0 Å². The third-order valence-electron chi connectivity index (χ3n) is 1.69. The summed E-state index contributed by atoms with van der Waals surface area (Å²) in [7, 11) is 0. The molecule has 0 aromatic rings. The first-order valence-corrected chi connectivity index (χ1v) is 5.68. The summed E-state index contributed by atoms with van der Waals surface area (Å²) in [5.41, 5.74) is 0. The lowest BCUT2D eigenvalue weighted by molar-refractivity contribution is 0.0216. The minimum Gasteiger partial charge on any atom is -0.389 e. The molecule has 0 saturated heterocycles. The fourth-order valence-corrected chi connectivity index (χ4v) is 1.17. The maximum Gasteiger partial charge on any atom is 0.0935 e. The second-order valence-electron chi connectivity index (χ2n) is 2.92. The molecule has 0 aromatic carbocycles. The zero-order chi connectivity index (χ0) is 10.8. The van der Waals surface area contributed by atoms with Crippen molar-refractivity contribution in [2.75, 3.05) is 37.9 Å². The number of hydrogen-bond donors (Lipinski definition) is 4. The van der Waals surface area contributed by atoms with Gasteiger partial charge in [-0.05, 0) is 0 Å². The van der Waals surface area contributed by atoms with Crippen LogP contribution >= 0.6 is 48.0 Å². The van der Waals surface area contributed by atoms with E-state index in [1.165, 1.54) is 0 Å². The Morgan fingerprint density at radius 3 is 1.38 bits per heavy atom. The predicted molar refractivity (Wildman–Crippen MR) is 73.7 cm³/mol. The van der Waals surface area contributed by atoms with E-state index in [2.05, 4.69) is 10.6 Å². The Kier molecular flexibility index (Phi) is 22.2. The highest BCUT2D eigenvalue weighted by molar-refractivity contribution is 6.18. The molecular formula is C8H20Cl4N2O2. The maximum atomic E-state index is 9.42. The van der Waals surface area contributed by atoms with Crippen molar-refractivity contribution < 1.29 is 10.2 Å². The fraction of sp³-hybridized carbons (Fsp3) is 1.00. The van der Waals surface area contributed by atoms with Gasteiger partial charge in [-0.2, -0.15) is 0 Å². The van der Waals surface area contributed by atoms with Crippen LogP contribution in [0.1, 0.15) is 0 Å². The number of aliphatic hydroxyl groups excluding tert-OH is 2. The average molecular weight is 318 g/mol. The molecule has 0 heterocycles. The molecule has 102 valence electrons. The smallest absolute Gasteiger partial charge is 0.0935 e. The lowest BCUT2D eigenvalue weighted by Gasteiger charge is -2.18. The van der Waals surface area contributed by atoms with Crippen molar-refractivity contribution in [3.63, 3.8) is 0 Å². The minimum absolute atomic E-state index is 0. The summed E-state index contributed by atoms with van der Waals surface area (Å²) in [5.74, 6) is 0.987. The van der Waals surface area contributed by atoms with Crippen LogP contribution in [0, 0.1) is 0 Å². The fourth-order valence-electron chi connectivity index (χ4n) is 0.906. The molecule has 16 heavy (non-hydrogen) atoms. The van der Waals surface area contributed by atoms with Gasteiger partial charge in [0.05, 0.1) is 12.2 Å². The SMILES string of the molecule is Cl.Cl.O[C@H](CNCCCl)[C@H](O)CNCCCl. The minimum atomic E-state index is -0.777. The molecule has 0 aliphatic rings. The monoisotopic (exact) mass is 316 g/mol. The summed E-state index contributed by atoms with van der Waals surface area (Å²) in [4.78, 5) is 0. The molecule has 4 nitrogen and oxygen atoms in total. The second-order valence-corrected chi connectivity index (χ2v) is 3.68. The van der Waals surface area contributed by atoms with Crippen LogP contribution in [0.25, 0.3) is 0 Å². The zero-order valence-electron chi connectivity index (χ0n) is 8.86. The maximum absolute atomic E-state index is 9.42. The number of hydrogen-bond acceptors (Lipinski definition) is 4. The summed E-state index contributed by atoms with van der Waals surface area (Å²) >= 11 is 10.9. The van der Waals surface area contributed by atoms with Gasteiger partial charge in [0, 0.05) is 37.9 Å². The molecule has 0 radical (unpaired) electrons. The first-order valence-electron chi connectivity index (χ1n) is 4.61. The van der Waals surface area contributed by atoms with Crippen molar-refractivity contribution in [3.05, 3.63) is 0 Å². The van der Waals surface area contributed by atoms with Gasteiger partial charge in [-0.1, -0.05) is 0 Å².